The number of nitrogens with two attached hydrogens (primary N) is 1. The van der Waals surface area contributed by atoms with Gasteiger partial charge >= 0.3 is 5.51 Å². The van der Waals surface area contributed by atoms with Crippen molar-refractivity contribution in [3.8, 4) is 6.07 Å². The lowest BCUT2D eigenvalue weighted by Gasteiger charge is -2.06. The lowest BCUT2D eigenvalue weighted by atomic mass is 10.1. The first-order valence-corrected chi connectivity index (χ1v) is 6.22. The summed E-state index contributed by atoms with van der Waals surface area (Å²) in [7, 11) is 0. The highest BCUT2D eigenvalue weighted by Gasteiger charge is 2.33. The van der Waals surface area contributed by atoms with Gasteiger partial charge in [0.25, 0.3) is 0 Å². The lowest BCUT2D eigenvalue weighted by molar-refractivity contribution is -0.0328. The van der Waals surface area contributed by atoms with E-state index in [2.05, 4.69) is 10.2 Å². The van der Waals surface area contributed by atoms with E-state index in [9.17, 15) is 13.2 Å². The van der Waals surface area contributed by atoms with E-state index in [-0.39, 0.29) is 22.4 Å². The maximum atomic E-state index is 12.4. The minimum absolute atomic E-state index is 0.113. The third-order valence-corrected chi connectivity index (χ3v) is 3.12. The number of alkyl halides is 3. The zero-order chi connectivity index (χ0) is 13.6. The van der Waals surface area contributed by atoms with Crippen molar-refractivity contribution < 1.29 is 13.2 Å². The summed E-state index contributed by atoms with van der Waals surface area (Å²) in [5.41, 5.74) is 1.08. The summed E-state index contributed by atoms with van der Waals surface area (Å²) < 4.78 is 37.1. The van der Waals surface area contributed by atoms with Crippen molar-refractivity contribution in [3.05, 3.63) is 11.4 Å². The molecule has 0 aliphatic heterocycles. The molecule has 0 bridgehead atoms. The quantitative estimate of drug-likeness (QED) is 0.619. The first-order valence-electron chi connectivity index (χ1n) is 5.41. The largest absolute Gasteiger partial charge is 0.446 e. The molecule has 3 N–H and O–H groups in total. The van der Waals surface area contributed by atoms with Crippen molar-refractivity contribution in [2.45, 2.75) is 36.1 Å². The van der Waals surface area contributed by atoms with Crippen LogP contribution >= 0.6 is 11.8 Å². The van der Waals surface area contributed by atoms with Crippen molar-refractivity contribution in [2.24, 2.45) is 5.73 Å². The van der Waals surface area contributed by atoms with Gasteiger partial charge in [0.05, 0.1) is 10.6 Å². The van der Waals surface area contributed by atoms with Gasteiger partial charge in [0.15, 0.2) is 5.69 Å². The number of H-pyrrole nitrogens is 1. The fraction of sp³-hybridized carbons (Fsp3) is 0.600. The number of unbranched alkanes of at least 4 members (excludes halogenated alkanes) is 2. The van der Waals surface area contributed by atoms with E-state index in [1.165, 1.54) is 0 Å². The summed E-state index contributed by atoms with van der Waals surface area (Å²) >= 11 is -0.292. The van der Waals surface area contributed by atoms with Crippen LogP contribution in [0.2, 0.25) is 0 Å². The van der Waals surface area contributed by atoms with Crippen LogP contribution in [0.1, 0.15) is 30.7 Å². The standard InChI is InChI=1S/C10H13F3N4S/c11-10(12,13)18-9-7(4-2-1-3-5-14)16-17-8(9)6-15/h1-5,14H2,(H,16,17). The van der Waals surface area contributed by atoms with Gasteiger partial charge in [-0.3, -0.25) is 5.10 Å². The normalized spacial score (nSPS) is 11.5. The molecule has 0 aromatic carbocycles. The van der Waals surface area contributed by atoms with Crippen LogP contribution in [0.15, 0.2) is 4.90 Å². The topological polar surface area (TPSA) is 78.5 Å². The van der Waals surface area contributed by atoms with E-state index in [0.717, 1.165) is 19.3 Å². The van der Waals surface area contributed by atoms with E-state index < -0.39 is 5.51 Å². The molecule has 1 rings (SSSR count). The van der Waals surface area contributed by atoms with Gasteiger partial charge in [0.1, 0.15) is 6.07 Å². The van der Waals surface area contributed by atoms with E-state index in [4.69, 9.17) is 11.0 Å². The molecule has 18 heavy (non-hydrogen) atoms. The second-order valence-corrected chi connectivity index (χ2v) is 4.71. The van der Waals surface area contributed by atoms with E-state index in [1.807, 2.05) is 0 Å². The molecule has 0 amide bonds. The molecule has 0 aliphatic rings. The van der Waals surface area contributed by atoms with E-state index in [0.29, 0.717) is 18.7 Å². The molecule has 100 valence electrons. The molecule has 0 spiro atoms. The minimum Gasteiger partial charge on any atom is -0.330 e. The number of hydrogen-bond donors (Lipinski definition) is 2. The van der Waals surface area contributed by atoms with Crippen LogP contribution in [0.4, 0.5) is 13.2 Å². The highest BCUT2D eigenvalue weighted by molar-refractivity contribution is 8.00. The highest BCUT2D eigenvalue weighted by Crippen LogP contribution is 2.39. The lowest BCUT2D eigenvalue weighted by Crippen LogP contribution is -2.02. The summed E-state index contributed by atoms with van der Waals surface area (Å²) in [5.74, 6) is 0. The second-order valence-electron chi connectivity index (χ2n) is 3.64. The van der Waals surface area contributed by atoms with Gasteiger partial charge in [-0.1, -0.05) is 6.42 Å². The van der Waals surface area contributed by atoms with Crippen molar-refractivity contribution in [3.63, 3.8) is 0 Å². The Balaban J connectivity index is 2.73. The van der Waals surface area contributed by atoms with Gasteiger partial charge in [-0.25, -0.2) is 0 Å². The number of aromatic amines is 1. The van der Waals surface area contributed by atoms with Crippen LogP contribution in [0.5, 0.6) is 0 Å². The summed E-state index contributed by atoms with van der Waals surface area (Å²) in [5, 5.41) is 14.8. The Morgan fingerprint density at radius 1 is 1.33 bits per heavy atom. The van der Waals surface area contributed by atoms with E-state index in [1.54, 1.807) is 6.07 Å². The maximum Gasteiger partial charge on any atom is 0.446 e. The Kier molecular flexibility index (Phi) is 5.50. The Morgan fingerprint density at radius 2 is 2.06 bits per heavy atom. The number of halogens is 3. The molecule has 1 aromatic rings. The molecule has 4 nitrogen and oxygen atoms in total. The summed E-state index contributed by atoms with van der Waals surface area (Å²) in [4.78, 5) is -0.113. The van der Waals surface area contributed by atoms with Gasteiger partial charge in [-0.2, -0.15) is 23.5 Å². The molecule has 0 saturated heterocycles. The number of thioether (sulfide) groups is 1. The van der Waals surface area contributed by atoms with Crippen LogP contribution in [0, 0.1) is 11.3 Å². The van der Waals surface area contributed by atoms with Gasteiger partial charge in [-0.15, -0.1) is 0 Å². The summed E-state index contributed by atoms with van der Waals surface area (Å²) in [6.07, 6.45) is 2.83. The number of hydrogen-bond acceptors (Lipinski definition) is 4. The van der Waals surface area contributed by atoms with Crippen molar-refractivity contribution in [2.75, 3.05) is 6.54 Å². The molecule has 1 heterocycles. The maximum absolute atomic E-state index is 12.4. The van der Waals surface area contributed by atoms with Gasteiger partial charge in [0.2, 0.25) is 0 Å². The van der Waals surface area contributed by atoms with Crippen LogP contribution in [-0.2, 0) is 6.42 Å². The fourth-order valence-corrected chi connectivity index (χ4v) is 2.15. The predicted molar refractivity (Wildman–Crippen MR) is 61.8 cm³/mol. The number of nitrogens with zero attached hydrogens (tertiary/aromatic N) is 2. The molecule has 1 aromatic heterocycles. The fourth-order valence-electron chi connectivity index (χ4n) is 1.46. The number of nitriles is 1. The zero-order valence-electron chi connectivity index (χ0n) is 9.55. The van der Waals surface area contributed by atoms with Gasteiger partial charge in [0, 0.05) is 0 Å². The van der Waals surface area contributed by atoms with Crippen LogP contribution in [-0.4, -0.2) is 22.3 Å². The molecule has 0 saturated carbocycles. The third kappa shape index (κ3) is 4.58. The molecule has 0 fully saturated rings. The summed E-state index contributed by atoms with van der Waals surface area (Å²) in [6.45, 7) is 0.566. The SMILES string of the molecule is N#Cc1n[nH]c(CCCCCN)c1SC(F)(F)F. The van der Waals surface area contributed by atoms with Crippen LogP contribution < -0.4 is 5.73 Å². The molecule has 0 atom stereocenters. The average Bonchev–Trinajstić information content (AvgIpc) is 2.65. The van der Waals surface area contributed by atoms with E-state index >= 15 is 0 Å². The number of nitrogens with one attached hydrogen (secondary N) is 1. The minimum atomic E-state index is -4.42. The molecular weight excluding hydrogens is 265 g/mol. The predicted octanol–water partition coefficient (Wildman–Crippen LogP) is 2.56. The number of rotatable bonds is 6. The third-order valence-electron chi connectivity index (χ3n) is 2.25. The zero-order valence-corrected chi connectivity index (χ0v) is 10.4. The molecule has 0 radical (unpaired) electrons. The Hall–Kier alpha value is -1.20. The molecular formula is C10H13F3N4S. The summed E-state index contributed by atoms with van der Waals surface area (Å²) in [6, 6.07) is 1.66. The Morgan fingerprint density at radius 3 is 2.61 bits per heavy atom. The molecule has 0 unspecified atom stereocenters. The van der Waals surface area contributed by atoms with Crippen LogP contribution in [0.25, 0.3) is 0 Å². The first kappa shape index (κ1) is 14.9. The first-order chi connectivity index (χ1) is 8.48. The highest BCUT2D eigenvalue weighted by atomic mass is 32.2. The molecule has 8 heteroatoms. The molecule has 0 aliphatic carbocycles. The monoisotopic (exact) mass is 278 g/mol. The smallest absolute Gasteiger partial charge is 0.330 e. The van der Waals surface area contributed by atoms with Crippen molar-refractivity contribution >= 4 is 11.8 Å². The van der Waals surface area contributed by atoms with Crippen LogP contribution in [0.3, 0.4) is 0 Å². The number of aryl methyl sites for hydroxylation is 1. The average molecular weight is 278 g/mol. The Bertz CT molecular complexity index is 422. The second kappa shape index (κ2) is 6.66. The number of aromatic nitrogens is 2. The van der Waals surface area contributed by atoms with Crippen molar-refractivity contribution in [1.29, 1.82) is 5.26 Å². The van der Waals surface area contributed by atoms with Gasteiger partial charge < -0.3 is 5.73 Å². The van der Waals surface area contributed by atoms with Crippen molar-refractivity contribution in [1.82, 2.24) is 10.2 Å². The van der Waals surface area contributed by atoms with Gasteiger partial charge in [-0.05, 0) is 37.6 Å². The Labute approximate surface area is 107 Å².